The molecule has 4 aromatic rings. The third-order valence-electron chi connectivity index (χ3n) is 6.16. The molecule has 0 saturated carbocycles. The van der Waals surface area contributed by atoms with Crippen LogP contribution in [0.1, 0.15) is 43.8 Å². The van der Waals surface area contributed by atoms with E-state index in [0.29, 0.717) is 17.6 Å². The molecule has 35 heavy (non-hydrogen) atoms. The number of ether oxygens (including phenoxy) is 2. The third-order valence-corrected chi connectivity index (χ3v) is 6.16. The number of imidazole rings is 2. The average Bonchev–Trinajstić information content (AvgIpc) is 3.64. The Morgan fingerprint density at radius 3 is 2.09 bits per heavy atom. The first-order valence-corrected chi connectivity index (χ1v) is 11.3. The maximum absolute atomic E-state index is 13.2. The molecule has 0 amide bonds. The molecule has 0 aromatic carbocycles. The summed E-state index contributed by atoms with van der Waals surface area (Å²) < 4.78 is 28.0. The molecule has 2 aliphatic rings. The van der Waals surface area contributed by atoms with Crippen molar-refractivity contribution in [2.45, 2.75) is 57.3 Å². The van der Waals surface area contributed by atoms with Gasteiger partial charge < -0.3 is 25.4 Å². The minimum atomic E-state index is -0.890. The number of aliphatic hydroxyl groups excluding tert-OH is 2. The zero-order chi connectivity index (χ0) is 24.5. The quantitative estimate of drug-likeness (QED) is 0.351. The van der Waals surface area contributed by atoms with Gasteiger partial charge in [0.05, 0.1) is 43.8 Å². The second kappa shape index (κ2) is 9.73. The molecule has 14 heteroatoms. The number of halogens is 1. The summed E-state index contributed by atoms with van der Waals surface area (Å²) in [6.07, 6.45) is 6.42. The molecule has 6 rings (SSSR count). The first kappa shape index (κ1) is 23.4. The maximum atomic E-state index is 13.2. The van der Waals surface area contributed by atoms with E-state index in [9.17, 15) is 4.39 Å². The van der Waals surface area contributed by atoms with E-state index in [2.05, 4.69) is 29.9 Å². The molecule has 0 aliphatic carbocycles. The predicted octanol–water partition coefficient (Wildman–Crippen LogP) is 1.02. The summed E-state index contributed by atoms with van der Waals surface area (Å²) in [6, 6.07) is 0. The molecule has 0 spiro atoms. The van der Waals surface area contributed by atoms with Crippen molar-refractivity contribution >= 4 is 28.1 Å². The number of nitrogen functional groups attached to an aromatic ring is 1. The lowest BCUT2D eigenvalue weighted by Gasteiger charge is -2.13. The van der Waals surface area contributed by atoms with Crippen molar-refractivity contribution in [2.75, 3.05) is 18.9 Å². The summed E-state index contributed by atoms with van der Waals surface area (Å²) in [5.74, 6) is 0.00737. The number of aromatic nitrogens is 8. The van der Waals surface area contributed by atoms with E-state index in [0.717, 1.165) is 36.1 Å². The number of anilines is 1. The number of rotatable bonds is 4. The Kier molecular flexibility index (Phi) is 6.51. The van der Waals surface area contributed by atoms with Crippen LogP contribution < -0.4 is 5.73 Å². The maximum Gasteiger partial charge on any atom is 0.312 e. The summed E-state index contributed by atoms with van der Waals surface area (Å²) in [5, 5.41) is 18.1. The van der Waals surface area contributed by atoms with Crippen LogP contribution in [0, 0.1) is 13.0 Å². The number of hydrogen-bond donors (Lipinski definition) is 3. The van der Waals surface area contributed by atoms with Gasteiger partial charge in [0.15, 0.2) is 22.6 Å². The molecular weight excluding hydrogens is 461 g/mol. The van der Waals surface area contributed by atoms with Gasteiger partial charge in [-0.3, -0.25) is 9.13 Å². The third kappa shape index (κ3) is 4.52. The normalized spacial score (nSPS) is 24.2. The van der Waals surface area contributed by atoms with E-state index >= 15 is 0 Å². The summed E-state index contributed by atoms with van der Waals surface area (Å²) in [4.78, 5) is 23.8. The van der Waals surface area contributed by atoms with Crippen molar-refractivity contribution in [1.29, 1.82) is 0 Å². The number of fused-ring (bicyclic) bond motifs is 2. The summed E-state index contributed by atoms with van der Waals surface area (Å²) in [5.41, 5.74) is 8.71. The van der Waals surface area contributed by atoms with E-state index in [4.69, 9.17) is 25.4 Å². The number of hydrogen-bond acceptors (Lipinski definition) is 11. The Morgan fingerprint density at radius 1 is 0.886 bits per heavy atom. The van der Waals surface area contributed by atoms with Gasteiger partial charge in [0.1, 0.15) is 24.3 Å². The first-order valence-electron chi connectivity index (χ1n) is 11.3. The number of nitrogens with zero attached hydrogens (tertiary/aromatic N) is 8. The molecule has 13 nitrogen and oxygen atoms in total. The fourth-order valence-electron chi connectivity index (χ4n) is 4.35. The van der Waals surface area contributed by atoms with Crippen molar-refractivity contribution in [2.24, 2.45) is 0 Å². The summed E-state index contributed by atoms with van der Waals surface area (Å²) in [7, 11) is 0. The van der Waals surface area contributed by atoms with Crippen LogP contribution in [-0.4, -0.2) is 74.7 Å². The summed E-state index contributed by atoms with van der Waals surface area (Å²) in [6.45, 7) is 1.94. The van der Waals surface area contributed by atoms with Gasteiger partial charge >= 0.3 is 6.08 Å². The average molecular weight is 487 g/mol. The van der Waals surface area contributed by atoms with Crippen LogP contribution in [0.15, 0.2) is 19.0 Å². The number of aliphatic hydroxyl groups is 2. The molecule has 4 aromatic heterocycles. The van der Waals surface area contributed by atoms with Crippen molar-refractivity contribution < 1.29 is 24.1 Å². The van der Waals surface area contributed by atoms with Gasteiger partial charge in [-0.1, -0.05) is 0 Å². The molecule has 186 valence electrons. The zero-order valence-electron chi connectivity index (χ0n) is 19.0. The van der Waals surface area contributed by atoms with E-state index in [-0.39, 0.29) is 43.7 Å². The number of aryl methyl sites for hydroxylation is 1. The van der Waals surface area contributed by atoms with Gasteiger partial charge in [-0.05, 0) is 32.6 Å². The molecule has 4 atom stereocenters. The van der Waals surface area contributed by atoms with Crippen molar-refractivity contribution in [3.05, 3.63) is 30.8 Å². The van der Waals surface area contributed by atoms with Gasteiger partial charge in [0.25, 0.3) is 0 Å². The molecule has 0 unspecified atom stereocenters. The van der Waals surface area contributed by atoms with Crippen LogP contribution in [-0.2, 0) is 9.47 Å². The highest BCUT2D eigenvalue weighted by atomic mass is 19.1. The SMILES string of the molecule is Cc1ncnc2c1ncn2[C@H]1CC[C@@H](CO)O1.Nc1nc(F)nc2c1ncn2[C@H]1CC[C@@H](CO)O1. The van der Waals surface area contributed by atoms with Crippen LogP contribution >= 0.6 is 0 Å². The van der Waals surface area contributed by atoms with E-state index in [1.807, 2.05) is 11.5 Å². The van der Waals surface area contributed by atoms with Crippen molar-refractivity contribution in [3.8, 4) is 0 Å². The second-order valence-electron chi connectivity index (χ2n) is 8.43. The smallest absolute Gasteiger partial charge is 0.312 e. The minimum Gasteiger partial charge on any atom is -0.394 e. The van der Waals surface area contributed by atoms with Gasteiger partial charge in [0.2, 0.25) is 0 Å². The molecule has 0 radical (unpaired) electrons. The molecule has 0 bridgehead atoms. The first-order chi connectivity index (χ1) is 17.0. The van der Waals surface area contributed by atoms with Crippen LogP contribution in [0.4, 0.5) is 10.2 Å². The van der Waals surface area contributed by atoms with Gasteiger partial charge in [-0.25, -0.2) is 19.9 Å². The molecule has 2 aliphatic heterocycles. The zero-order valence-corrected chi connectivity index (χ0v) is 19.0. The van der Waals surface area contributed by atoms with Gasteiger partial charge in [0, 0.05) is 0 Å². The highest BCUT2D eigenvalue weighted by Crippen LogP contribution is 2.31. The van der Waals surface area contributed by atoms with Gasteiger partial charge in [-0.15, -0.1) is 0 Å². The Bertz CT molecular complexity index is 1330. The fraction of sp³-hybridized carbons (Fsp3) is 0.524. The minimum absolute atomic E-state index is 0.00737. The Labute approximate surface area is 198 Å². The highest BCUT2D eigenvalue weighted by molar-refractivity contribution is 5.81. The Hall–Kier alpha value is -3.33. The topological polar surface area (TPSA) is 172 Å². The van der Waals surface area contributed by atoms with Crippen molar-refractivity contribution in [3.63, 3.8) is 0 Å². The lowest BCUT2D eigenvalue weighted by atomic mass is 10.2. The van der Waals surface area contributed by atoms with E-state index < -0.39 is 6.08 Å². The second-order valence-corrected chi connectivity index (χ2v) is 8.43. The number of nitrogens with two attached hydrogens (primary N) is 1. The molecule has 2 fully saturated rings. The van der Waals surface area contributed by atoms with Crippen LogP contribution in [0.2, 0.25) is 0 Å². The monoisotopic (exact) mass is 487 g/mol. The Morgan fingerprint density at radius 2 is 1.49 bits per heavy atom. The fourth-order valence-corrected chi connectivity index (χ4v) is 4.35. The van der Waals surface area contributed by atoms with Crippen LogP contribution in [0.3, 0.4) is 0 Å². The molecule has 4 N–H and O–H groups in total. The Balaban J connectivity index is 0.000000145. The highest BCUT2D eigenvalue weighted by Gasteiger charge is 2.29. The molecule has 2 saturated heterocycles. The van der Waals surface area contributed by atoms with Crippen LogP contribution in [0.5, 0.6) is 0 Å². The lowest BCUT2D eigenvalue weighted by molar-refractivity contribution is -0.0208. The van der Waals surface area contributed by atoms with E-state index in [1.165, 1.54) is 12.7 Å². The van der Waals surface area contributed by atoms with Gasteiger partial charge in [-0.2, -0.15) is 14.4 Å². The molecular formula is C21H26FN9O4. The standard InChI is InChI=1S/C11H14N4O2.C10H12FN5O2/c1-7-10-11(13-5-12-7)15(6-14-10)9-3-2-8(4-16)17-9;11-10-14-8(12)7-9(15-10)16(4-13-7)6-2-1-5(3-17)18-6/h5-6,8-9,16H,2-4H2,1H3;4-6,17H,1-3H2,(H2,12,14,15)/t8-,9+;5-,6+/m00/s1. The molecule has 6 heterocycles. The van der Waals surface area contributed by atoms with E-state index in [1.54, 1.807) is 10.9 Å². The van der Waals surface area contributed by atoms with Crippen molar-refractivity contribution in [1.82, 2.24) is 39.0 Å². The largest absolute Gasteiger partial charge is 0.394 e. The predicted molar refractivity (Wildman–Crippen MR) is 120 cm³/mol. The van der Waals surface area contributed by atoms with Crippen LogP contribution in [0.25, 0.3) is 22.3 Å². The lowest BCUT2D eigenvalue weighted by Crippen LogP contribution is -2.14. The summed E-state index contributed by atoms with van der Waals surface area (Å²) >= 11 is 0.